The van der Waals surface area contributed by atoms with Crippen LogP contribution in [-0.2, 0) is 0 Å². The van der Waals surface area contributed by atoms with E-state index in [1.54, 1.807) is 5.57 Å². The van der Waals surface area contributed by atoms with E-state index in [1.165, 1.54) is 38.5 Å². The number of unbranched alkanes of at least 4 members (excludes halogenated alkanes) is 1. The van der Waals surface area contributed by atoms with Crippen LogP contribution >= 0.6 is 0 Å². The molecular formula is C13H24. The van der Waals surface area contributed by atoms with Crippen molar-refractivity contribution < 1.29 is 0 Å². The summed E-state index contributed by atoms with van der Waals surface area (Å²) in [5.41, 5.74) is 1.61. The van der Waals surface area contributed by atoms with Crippen LogP contribution in [0.15, 0.2) is 23.8 Å². The third-order valence-electron chi connectivity index (χ3n) is 2.23. The Morgan fingerprint density at radius 3 is 2.15 bits per heavy atom. The van der Waals surface area contributed by atoms with Gasteiger partial charge in [0.05, 0.1) is 0 Å². The maximum Gasteiger partial charge on any atom is -0.0286 e. The van der Waals surface area contributed by atoms with E-state index >= 15 is 0 Å². The van der Waals surface area contributed by atoms with Gasteiger partial charge < -0.3 is 0 Å². The van der Waals surface area contributed by atoms with Crippen molar-refractivity contribution in [1.82, 2.24) is 0 Å². The Bertz CT molecular complexity index is 151. The van der Waals surface area contributed by atoms with Gasteiger partial charge >= 0.3 is 0 Å². The highest BCUT2D eigenvalue weighted by Gasteiger charge is 1.92. The smallest absolute Gasteiger partial charge is 0.0286 e. The van der Waals surface area contributed by atoms with Crippen LogP contribution in [0.1, 0.15) is 59.3 Å². The van der Waals surface area contributed by atoms with E-state index < -0.39 is 0 Å². The standard InChI is InChI=1S/C13H24/c1-4-7-8-9-10-12-13(6-3)11-5-2/h6,8-9H,4-5,7,10-12H2,1-3H3. The minimum atomic E-state index is 1.22. The molecule has 0 heterocycles. The molecule has 0 aromatic rings. The number of allylic oxidation sites excluding steroid dienone is 4. The van der Waals surface area contributed by atoms with Crippen molar-refractivity contribution in [2.24, 2.45) is 0 Å². The molecule has 0 aliphatic carbocycles. The minimum Gasteiger partial charge on any atom is -0.0885 e. The molecule has 0 fully saturated rings. The summed E-state index contributed by atoms with van der Waals surface area (Å²) in [5.74, 6) is 0. The second kappa shape index (κ2) is 9.57. The maximum absolute atomic E-state index is 2.32. The molecule has 0 bridgehead atoms. The number of rotatable bonds is 7. The summed E-state index contributed by atoms with van der Waals surface area (Å²) in [4.78, 5) is 0. The summed E-state index contributed by atoms with van der Waals surface area (Å²) in [6.07, 6.45) is 14.4. The number of hydrogen-bond acceptors (Lipinski definition) is 0. The van der Waals surface area contributed by atoms with Crippen molar-refractivity contribution in [2.75, 3.05) is 0 Å². The van der Waals surface area contributed by atoms with Gasteiger partial charge in [0, 0.05) is 0 Å². The lowest BCUT2D eigenvalue weighted by atomic mass is 10.0. The molecule has 0 saturated heterocycles. The van der Waals surface area contributed by atoms with Crippen LogP contribution in [0.3, 0.4) is 0 Å². The molecule has 0 heteroatoms. The zero-order chi connectivity index (χ0) is 9.94. The van der Waals surface area contributed by atoms with Gasteiger partial charge in [-0.2, -0.15) is 0 Å². The van der Waals surface area contributed by atoms with Gasteiger partial charge in [0.1, 0.15) is 0 Å². The SMILES string of the molecule is CC=C(CCC)CCC=CCCC. The Morgan fingerprint density at radius 2 is 1.62 bits per heavy atom. The Hall–Kier alpha value is -0.520. The minimum absolute atomic E-state index is 1.22. The van der Waals surface area contributed by atoms with Gasteiger partial charge in [0.15, 0.2) is 0 Å². The highest BCUT2D eigenvalue weighted by Crippen LogP contribution is 2.12. The molecular weight excluding hydrogens is 156 g/mol. The Labute approximate surface area is 83.7 Å². The molecule has 76 valence electrons. The van der Waals surface area contributed by atoms with Gasteiger partial charge in [-0.25, -0.2) is 0 Å². The molecule has 0 spiro atoms. The first kappa shape index (κ1) is 12.5. The van der Waals surface area contributed by atoms with Crippen molar-refractivity contribution in [3.8, 4) is 0 Å². The van der Waals surface area contributed by atoms with Crippen molar-refractivity contribution in [3.63, 3.8) is 0 Å². The monoisotopic (exact) mass is 180 g/mol. The Balaban J connectivity index is 3.49. The molecule has 0 atom stereocenters. The molecule has 0 aromatic carbocycles. The van der Waals surface area contributed by atoms with Crippen LogP contribution < -0.4 is 0 Å². The van der Waals surface area contributed by atoms with E-state index in [0.717, 1.165) is 0 Å². The molecule has 13 heavy (non-hydrogen) atoms. The fraction of sp³-hybridized carbons (Fsp3) is 0.692. The first-order valence-electron chi connectivity index (χ1n) is 5.64. The van der Waals surface area contributed by atoms with Crippen molar-refractivity contribution >= 4 is 0 Å². The van der Waals surface area contributed by atoms with E-state index in [9.17, 15) is 0 Å². The summed E-state index contributed by atoms with van der Waals surface area (Å²) < 4.78 is 0. The summed E-state index contributed by atoms with van der Waals surface area (Å²) in [6.45, 7) is 6.62. The molecule has 0 aromatic heterocycles. The fourth-order valence-electron chi connectivity index (χ4n) is 1.41. The van der Waals surface area contributed by atoms with Crippen LogP contribution in [-0.4, -0.2) is 0 Å². The summed E-state index contributed by atoms with van der Waals surface area (Å²) in [7, 11) is 0. The Kier molecular flexibility index (Phi) is 9.18. The van der Waals surface area contributed by atoms with Crippen LogP contribution in [0.4, 0.5) is 0 Å². The lowest BCUT2D eigenvalue weighted by molar-refractivity contribution is 0.823. The fourth-order valence-corrected chi connectivity index (χ4v) is 1.41. The second-order valence-corrected chi connectivity index (χ2v) is 3.50. The van der Waals surface area contributed by atoms with E-state index in [-0.39, 0.29) is 0 Å². The molecule has 0 amide bonds. The molecule has 0 unspecified atom stereocenters. The molecule has 0 radical (unpaired) electrons. The van der Waals surface area contributed by atoms with Crippen LogP contribution in [0.25, 0.3) is 0 Å². The van der Waals surface area contributed by atoms with E-state index in [1.807, 2.05) is 0 Å². The van der Waals surface area contributed by atoms with Gasteiger partial charge in [-0.05, 0) is 32.6 Å². The van der Waals surface area contributed by atoms with Crippen molar-refractivity contribution in [3.05, 3.63) is 23.8 Å². The zero-order valence-corrected chi connectivity index (χ0v) is 9.47. The third kappa shape index (κ3) is 7.83. The van der Waals surface area contributed by atoms with Gasteiger partial charge in [-0.15, -0.1) is 0 Å². The molecule has 0 N–H and O–H groups in total. The van der Waals surface area contributed by atoms with Gasteiger partial charge in [0.2, 0.25) is 0 Å². The summed E-state index contributed by atoms with van der Waals surface area (Å²) in [5, 5.41) is 0. The first-order chi connectivity index (χ1) is 6.35. The van der Waals surface area contributed by atoms with Gasteiger partial charge in [-0.3, -0.25) is 0 Å². The van der Waals surface area contributed by atoms with Crippen LogP contribution in [0.2, 0.25) is 0 Å². The topological polar surface area (TPSA) is 0 Å². The molecule has 0 aliphatic rings. The van der Waals surface area contributed by atoms with Gasteiger partial charge in [-0.1, -0.05) is 50.5 Å². The zero-order valence-electron chi connectivity index (χ0n) is 9.47. The lowest BCUT2D eigenvalue weighted by Gasteiger charge is -2.01. The van der Waals surface area contributed by atoms with Gasteiger partial charge in [0.25, 0.3) is 0 Å². The average Bonchev–Trinajstić information content (AvgIpc) is 2.16. The molecule has 0 aliphatic heterocycles. The van der Waals surface area contributed by atoms with Crippen molar-refractivity contribution in [2.45, 2.75) is 59.3 Å². The third-order valence-corrected chi connectivity index (χ3v) is 2.23. The largest absolute Gasteiger partial charge is 0.0885 e. The van der Waals surface area contributed by atoms with E-state index in [4.69, 9.17) is 0 Å². The maximum atomic E-state index is 2.32. The molecule has 0 saturated carbocycles. The van der Waals surface area contributed by atoms with Crippen LogP contribution in [0, 0.1) is 0 Å². The highest BCUT2D eigenvalue weighted by molar-refractivity contribution is 5.01. The number of hydrogen-bond donors (Lipinski definition) is 0. The van der Waals surface area contributed by atoms with E-state index in [2.05, 4.69) is 39.0 Å². The molecule has 0 rings (SSSR count). The van der Waals surface area contributed by atoms with E-state index in [0.29, 0.717) is 0 Å². The lowest BCUT2D eigenvalue weighted by Crippen LogP contribution is -1.81. The van der Waals surface area contributed by atoms with Crippen molar-refractivity contribution in [1.29, 1.82) is 0 Å². The second-order valence-electron chi connectivity index (χ2n) is 3.50. The summed E-state index contributed by atoms with van der Waals surface area (Å²) >= 11 is 0. The van der Waals surface area contributed by atoms with Crippen LogP contribution in [0.5, 0.6) is 0 Å². The Morgan fingerprint density at radius 1 is 0.923 bits per heavy atom. The predicted molar refractivity (Wildman–Crippen MR) is 61.9 cm³/mol. The predicted octanol–water partition coefficient (Wildman–Crippen LogP) is 4.87. The quantitative estimate of drug-likeness (QED) is 0.490. The normalized spacial score (nSPS) is 12.7. The average molecular weight is 180 g/mol. The summed E-state index contributed by atoms with van der Waals surface area (Å²) in [6, 6.07) is 0. The molecule has 0 nitrogen and oxygen atoms in total. The first-order valence-corrected chi connectivity index (χ1v) is 5.64. The highest BCUT2D eigenvalue weighted by atomic mass is 14.0.